The van der Waals surface area contributed by atoms with Crippen LogP contribution in [-0.4, -0.2) is 4.92 Å². The number of benzene rings is 2. The van der Waals surface area contributed by atoms with Gasteiger partial charge in [-0.2, -0.15) is 0 Å². The smallest absolute Gasteiger partial charge is 0.269 e. The Balaban J connectivity index is 2.08. The van der Waals surface area contributed by atoms with E-state index < -0.39 is 4.92 Å². The fourth-order valence-electron chi connectivity index (χ4n) is 1.87. The number of non-ortho nitro benzene ring substituents is 1. The fourth-order valence-corrected chi connectivity index (χ4v) is 1.87. The second kappa shape index (κ2) is 6.19. The van der Waals surface area contributed by atoms with Gasteiger partial charge in [0, 0.05) is 12.1 Å². The normalized spacial score (nSPS) is 11.9. The minimum absolute atomic E-state index is 0.0597. The number of nitro benzene ring substituents is 1. The van der Waals surface area contributed by atoms with Crippen LogP contribution in [0.5, 0.6) is 11.5 Å². The average Bonchev–Trinajstić information content (AvgIpc) is 2.48. The van der Waals surface area contributed by atoms with Crippen LogP contribution in [0, 0.1) is 10.1 Å². The molecule has 0 radical (unpaired) electrons. The van der Waals surface area contributed by atoms with Crippen molar-refractivity contribution in [2.45, 2.75) is 26.2 Å². The summed E-state index contributed by atoms with van der Waals surface area (Å²) in [5, 5.41) is 10.6. The topological polar surface area (TPSA) is 52.4 Å². The van der Waals surface area contributed by atoms with Gasteiger partial charge in [0.15, 0.2) is 0 Å². The maximum Gasteiger partial charge on any atom is 0.269 e. The highest BCUT2D eigenvalue weighted by molar-refractivity contribution is 5.39. The van der Waals surface area contributed by atoms with Gasteiger partial charge in [0.05, 0.1) is 4.92 Å². The van der Waals surface area contributed by atoms with Gasteiger partial charge in [0.1, 0.15) is 11.5 Å². The minimum atomic E-state index is -0.426. The Labute approximate surface area is 118 Å². The number of hydrogen-bond donors (Lipinski definition) is 0. The van der Waals surface area contributed by atoms with Gasteiger partial charge < -0.3 is 4.74 Å². The Kier molecular flexibility index (Phi) is 4.35. The average molecular weight is 271 g/mol. The van der Waals surface area contributed by atoms with Crippen molar-refractivity contribution in [1.82, 2.24) is 0 Å². The lowest BCUT2D eigenvalue weighted by atomic mass is 9.99. The van der Waals surface area contributed by atoms with E-state index in [9.17, 15) is 10.1 Å². The molecule has 0 spiro atoms. The van der Waals surface area contributed by atoms with Crippen molar-refractivity contribution in [1.29, 1.82) is 0 Å². The quantitative estimate of drug-likeness (QED) is 0.574. The van der Waals surface area contributed by atoms with Gasteiger partial charge in [-0.15, -0.1) is 0 Å². The number of nitrogens with zero attached hydrogens (tertiary/aromatic N) is 1. The Morgan fingerprint density at radius 1 is 1.05 bits per heavy atom. The molecule has 4 nitrogen and oxygen atoms in total. The van der Waals surface area contributed by atoms with Gasteiger partial charge in [-0.05, 0) is 42.2 Å². The van der Waals surface area contributed by atoms with Gasteiger partial charge in [-0.25, -0.2) is 0 Å². The van der Waals surface area contributed by atoms with E-state index in [0.717, 1.165) is 12.2 Å². The Morgan fingerprint density at radius 2 is 1.55 bits per heavy atom. The summed E-state index contributed by atoms with van der Waals surface area (Å²) in [6.07, 6.45) is 1.10. The minimum Gasteiger partial charge on any atom is -0.457 e. The van der Waals surface area contributed by atoms with E-state index in [4.69, 9.17) is 4.74 Å². The second-order valence-corrected chi connectivity index (χ2v) is 4.73. The summed E-state index contributed by atoms with van der Waals surface area (Å²) in [5.74, 6) is 1.85. The first-order valence-electron chi connectivity index (χ1n) is 6.62. The van der Waals surface area contributed by atoms with E-state index in [2.05, 4.69) is 26.0 Å². The molecule has 0 saturated heterocycles. The van der Waals surface area contributed by atoms with E-state index in [1.165, 1.54) is 17.7 Å². The van der Waals surface area contributed by atoms with Gasteiger partial charge in [-0.1, -0.05) is 26.0 Å². The van der Waals surface area contributed by atoms with Crippen LogP contribution < -0.4 is 4.74 Å². The number of rotatable bonds is 5. The van der Waals surface area contributed by atoms with Crippen LogP contribution in [0.2, 0.25) is 0 Å². The van der Waals surface area contributed by atoms with Crippen molar-refractivity contribution >= 4 is 5.69 Å². The number of ether oxygens (including phenoxy) is 1. The Bertz CT molecular complexity index is 576. The van der Waals surface area contributed by atoms with Gasteiger partial charge in [0.25, 0.3) is 5.69 Å². The molecule has 0 amide bonds. The van der Waals surface area contributed by atoms with Crippen molar-refractivity contribution in [3.8, 4) is 11.5 Å². The lowest BCUT2D eigenvalue weighted by Crippen LogP contribution is -1.91. The van der Waals surface area contributed by atoms with E-state index in [0.29, 0.717) is 11.7 Å². The molecule has 0 aliphatic carbocycles. The maximum absolute atomic E-state index is 10.6. The second-order valence-electron chi connectivity index (χ2n) is 4.73. The first-order chi connectivity index (χ1) is 9.60. The summed E-state index contributed by atoms with van der Waals surface area (Å²) in [5.41, 5.74) is 1.34. The fraction of sp³-hybridized carbons (Fsp3) is 0.250. The molecule has 2 aromatic carbocycles. The molecule has 0 N–H and O–H groups in total. The monoisotopic (exact) mass is 271 g/mol. The van der Waals surface area contributed by atoms with Crippen LogP contribution in [0.15, 0.2) is 48.5 Å². The van der Waals surface area contributed by atoms with E-state index in [1.54, 1.807) is 12.1 Å². The Morgan fingerprint density at radius 3 is 2.00 bits per heavy atom. The zero-order valence-corrected chi connectivity index (χ0v) is 11.6. The maximum atomic E-state index is 10.6. The van der Waals surface area contributed by atoms with E-state index >= 15 is 0 Å². The summed E-state index contributed by atoms with van der Waals surface area (Å²) in [6, 6.07) is 14.0. The number of hydrogen-bond acceptors (Lipinski definition) is 3. The summed E-state index contributed by atoms with van der Waals surface area (Å²) in [6.45, 7) is 4.35. The van der Waals surface area contributed by atoms with Crippen molar-refractivity contribution in [3.63, 3.8) is 0 Å². The molecule has 0 bridgehead atoms. The van der Waals surface area contributed by atoms with E-state index in [1.807, 2.05) is 12.1 Å². The van der Waals surface area contributed by atoms with Crippen molar-refractivity contribution in [2.24, 2.45) is 0 Å². The van der Waals surface area contributed by atoms with Crippen molar-refractivity contribution in [2.75, 3.05) is 0 Å². The third-order valence-corrected chi connectivity index (χ3v) is 3.34. The largest absolute Gasteiger partial charge is 0.457 e. The molecule has 0 aromatic heterocycles. The molecule has 0 aliphatic rings. The SMILES string of the molecule is CCC(C)c1ccc(Oc2ccc([N+](=O)[O-])cc2)cc1. The van der Waals surface area contributed by atoms with Gasteiger partial charge in [0.2, 0.25) is 0 Å². The highest BCUT2D eigenvalue weighted by Gasteiger charge is 2.06. The summed E-state index contributed by atoms with van der Waals surface area (Å²) < 4.78 is 5.66. The van der Waals surface area contributed by atoms with Crippen LogP contribution in [0.3, 0.4) is 0 Å². The molecule has 104 valence electrons. The lowest BCUT2D eigenvalue weighted by molar-refractivity contribution is -0.384. The van der Waals surface area contributed by atoms with Gasteiger partial charge >= 0.3 is 0 Å². The number of nitro groups is 1. The first-order valence-corrected chi connectivity index (χ1v) is 6.62. The summed E-state index contributed by atoms with van der Waals surface area (Å²) in [4.78, 5) is 10.1. The molecule has 0 aliphatic heterocycles. The predicted octanol–water partition coefficient (Wildman–Crippen LogP) is 4.90. The van der Waals surface area contributed by atoms with Crippen molar-refractivity contribution < 1.29 is 9.66 Å². The molecule has 2 rings (SSSR count). The standard InChI is InChI=1S/C16H17NO3/c1-3-12(2)13-4-8-15(9-5-13)20-16-10-6-14(7-11-16)17(18)19/h4-12H,3H2,1-2H3. The molecule has 0 heterocycles. The molecule has 2 aromatic rings. The molecular formula is C16H17NO3. The highest BCUT2D eigenvalue weighted by Crippen LogP contribution is 2.26. The summed E-state index contributed by atoms with van der Waals surface area (Å²) >= 11 is 0. The van der Waals surface area contributed by atoms with Crippen LogP contribution in [0.25, 0.3) is 0 Å². The predicted molar refractivity (Wildman–Crippen MR) is 78.3 cm³/mol. The lowest BCUT2D eigenvalue weighted by Gasteiger charge is -2.10. The molecule has 1 atom stereocenters. The zero-order valence-electron chi connectivity index (χ0n) is 11.6. The van der Waals surface area contributed by atoms with Crippen LogP contribution >= 0.6 is 0 Å². The summed E-state index contributed by atoms with van der Waals surface area (Å²) in [7, 11) is 0. The molecule has 20 heavy (non-hydrogen) atoms. The van der Waals surface area contributed by atoms with Crippen LogP contribution in [0.1, 0.15) is 31.7 Å². The molecule has 1 unspecified atom stereocenters. The third-order valence-electron chi connectivity index (χ3n) is 3.34. The highest BCUT2D eigenvalue weighted by atomic mass is 16.6. The first kappa shape index (κ1) is 14.1. The molecular weight excluding hydrogens is 254 g/mol. The zero-order chi connectivity index (χ0) is 14.5. The van der Waals surface area contributed by atoms with Crippen LogP contribution in [-0.2, 0) is 0 Å². The molecule has 4 heteroatoms. The third kappa shape index (κ3) is 3.35. The van der Waals surface area contributed by atoms with E-state index in [-0.39, 0.29) is 5.69 Å². The van der Waals surface area contributed by atoms with Gasteiger partial charge in [-0.3, -0.25) is 10.1 Å². The molecule has 0 fully saturated rings. The Hall–Kier alpha value is -2.36. The van der Waals surface area contributed by atoms with Crippen molar-refractivity contribution in [3.05, 3.63) is 64.2 Å². The van der Waals surface area contributed by atoms with Crippen LogP contribution in [0.4, 0.5) is 5.69 Å². The molecule has 0 saturated carbocycles.